The Bertz CT molecular complexity index is 697. The van der Waals surface area contributed by atoms with Crippen LogP contribution in [0.3, 0.4) is 0 Å². The number of hydrogen-bond donors (Lipinski definition) is 3. The Morgan fingerprint density at radius 2 is 1.93 bits per heavy atom. The fraction of sp³-hybridized carbons (Fsp3) is 0.864. The minimum absolute atomic E-state index is 0.0206. The molecular weight excluding hydrogens is 384 g/mol. The van der Waals surface area contributed by atoms with Crippen LogP contribution in [0.4, 0.5) is 0 Å². The van der Waals surface area contributed by atoms with Crippen molar-refractivity contribution < 1.29 is 19.7 Å². The highest BCUT2D eigenvalue weighted by Crippen LogP contribution is 2.37. The van der Waals surface area contributed by atoms with Crippen LogP contribution in [0.5, 0.6) is 0 Å². The molecule has 1 aromatic heterocycles. The Balaban J connectivity index is 1.25. The lowest BCUT2D eigenvalue weighted by molar-refractivity contribution is -0.133. The number of aryl methyl sites for hydroxylation is 1. The van der Waals surface area contributed by atoms with Gasteiger partial charge in [0.15, 0.2) is 0 Å². The molecule has 168 valence electrons. The Morgan fingerprint density at radius 3 is 2.67 bits per heavy atom. The molecule has 2 saturated carbocycles. The monoisotopic (exact) mass is 420 g/mol. The Labute approximate surface area is 178 Å². The molecule has 0 spiro atoms. The number of aliphatic hydroxyl groups excluding tert-OH is 1. The molecule has 1 aliphatic heterocycles. The van der Waals surface area contributed by atoms with E-state index in [1.165, 1.54) is 6.42 Å². The first kappa shape index (κ1) is 21.7. The fourth-order valence-corrected chi connectivity index (χ4v) is 5.29. The van der Waals surface area contributed by atoms with Gasteiger partial charge >= 0.3 is 0 Å². The summed E-state index contributed by atoms with van der Waals surface area (Å²) in [7, 11) is 0. The first-order chi connectivity index (χ1) is 14.6. The first-order valence-electron chi connectivity index (χ1n) is 11.8. The van der Waals surface area contributed by atoms with Crippen molar-refractivity contribution in [3.05, 3.63) is 11.9 Å². The molecule has 2 heterocycles. The van der Waals surface area contributed by atoms with Gasteiger partial charge in [0.2, 0.25) is 5.91 Å². The molecule has 8 nitrogen and oxygen atoms in total. The second-order valence-corrected chi connectivity index (χ2v) is 9.40. The number of ether oxygens (including phenoxy) is 1. The molecule has 4 rings (SSSR count). The molecular formula is C22H36N4O4. The smallest absolute Gasteiger partial charge is 0.223 e. The van der Waals surface area contributed by atoms with Crippen molar-refractivity contribution in [1.82, 2.24) is 20.3 Å². The maximum absolute atomic E-state index is 12.6. The summed E-state index contributed by atoms with van der Waals surface area (Å²) in [6, 6.07) is -0.115. The molecule has 3 atom stereocenters. The lowest BCUT2D eigenvalue weighted by Crippen LogP contribution is -2.52. The number of rotatable bonds is 7. The third kappa shape index (κ3) is 5.03. The highest BCUT2D eigenvalue weighted by molar-refractivity contribution is 5.79. The summed E-state index contributed by atoms with van der Waals surface area (Å²) in [6.45, 7) is 0.567. The highest BCUT2D eigenvalue weighted by atomic mass is 16.5. The van der Waals surface area contributed by atoms with Crippen molar-refractivity contribution >= 4 is 5.91 Å². The average molecular weight is 421 g/mol. The number of carbonyl (C=O) groups excluding carboxylic acids is 1. The second kappa shape index (κ2) is 9.75. The summed E-state index contributed by atoms with van der Waals surface area (Å²) in [6.07, 6.45) is 12.9. The number of aromatic nitrogens is 3. The van der Waals surface area contributed by atoms with Gasteiger partial charge < -0.3 is 20.3 Å². The molecule has 0 bridgehead atoms. The summed E-state index contributed by atoms with van der Waals surface area (Å²) in [5.74, 6) is 0.243. The predicted octanol–water partition coefficient (Wildman–Crippen LogP) is 2.03. The largest absolute Gasteiger partial charge is 0.394 e. The van der Waals surface area contributed by atoms with Crippen LogP contribution >= 0.6 is 0 Å². The summed E-state index contributed by atoms with van der Waals surface area (Å²) in [4.78, 5) is 12.6. The summed E-state index contributed by atoms with van der Waals surface area (Å²) in [5, 5.41) is 32.0. The van der Waals surface area contributed by atoms with Crippen LogP contribution in [0.2, 0.25) is 0 Å². The average Bonchev–Trinajstić information content (AvgIpc) is 3.44. The van der Waals surface area contributed by atoms with Crippen molar-refractivity contribution in [3.63, 3.8) is 0 Å². The minimum atomic E-state index is -0.814. The molecule has 0 radical (unpaired) electrons. The van der Waals surface area contributed by atoms with Gasteiger partial charge in [-0.15, -0.1) is 5.10 Å². The predicted molar refractivity (Wildman–Crippen MR) is 110 cm³/mol. The summed E-state index contributed by atoms with van der Waals surface area (Å²) in [5.41, 5.74) is -0.144. The maximum atomic E-state index is 12.6. The van der Waals surface area contributed by atoms with Crippen molar-refractivity contribution in [1.29, 1.82) is 0 Å². The Hall–Kier alpha value is -1.51. The normalized spacial score (nSPS) is 29.7. The first-order valence-corrected chi connectivity index (χ1v) is 11.8. The van der Waals surface area contributed by atoms with E-state index in [4.69, 9.17) is 4.74 Å². The van der Waals surface area contributed by atoms with Gasteiger partial charge in [0.25, 0.3) is 0 Å². The third-order valence-electron chi connectivity index (χ3n) is 7.23. The molecule has 0 unspecified atom stereocenters. The summed E-state index contributed by atoms with van der Waals surface area (Å²) < 4.78 is 7.89. The zero-order valence-corrected chi connectivity index (χ0v) is 17.8. The van der Waals surface area contributed by atoms with Gasteiger partial charge in [-0.05, 0) is 44.9 Å². The Kier molecular flexibility index (Phi) is 7.05. The van der Waals surface area contributed by atoms with Crippen LogP contribution in [0.15, 0.2) is 6.20 Å². The SMILES string of the molecule is O=C(N[C@@H]1CC[C@@H](CCn2cc(C3(O)CCCC3)nn2)O[C@H]1CO)C1CCCCC1. The number of amides is 1. The van der Waals surface area contributed by atoms with Crippen molar-refractivity contribution in [2.45, 2.75) is 107 Å². The van der Waals surface area contributed by atoms with Crippen LogP contribution in [0.25, 0.3) is 0 Å². The molecule has 8 heteroatoms. The van der Waals surface area contributed by atoms with Gasteiger partial charge in [0, 0.05) is 12.5 Å². The van der Waals surface area contributed by atoms with Crippen molar-refractivity contribution in [3.8, 4) is 0 Å². The number of nitrogens with zero attached hydrogens (tertiary/aromatic N) is 3. The number of nitrogens with one attached hydrogen (secondary N) is 1. The number of aliphatic hydroxyl groups is 2. The second-order valence-electron chi connectivity index (χ2n) is 9.40. The van der Waals surface area contributed by atoms with Crippen LogP contribution in [0.1, 0.15) is 82.7 Å². The van der Waals surface area contributed by atoms with E-state index in [2.05, 4.69) is 15.6 Å². The fourth-order valence-electron chi connectivity index (χ4n) is 5.29. The van der Waals surface area contributed by atoms with Crippen LogP contribution in [-0.4, -0.2) is 56.0 Å². The van der Waals surface area contributed by atoms with E-state index in [1.54, 1.807) is 4.68 Å². The molecule has 3 aliphatic rings. The molecule has 0 aromatic carbocycles. The molecule has 1 amide bonds. The van der Waals surface area contributed by atoms with E-state index in [0.717, 1.165) is 70.6 Å². The number of hydrogen-bond acceptors (Lipinski definition) is 6. The van der Waals surface area contributed by atoms with Gasteiger partial charge in [-0.1, -0.05) is 37.3 Å². The summed E-state index contributed by atoms with van der Waals surface area (Å²) >= 11 is 0. The molecule has 2 aliphatic carbocycles. The molecule has 3 N–H and O–H groups in total. The van der Waals surface area contributed by atoms with Crippen LogP contribution in [-0.2, 0) is 21.7 Å². The van der Waals surface area contributed by atoms with Gasteiger partial charge in [-0.25, -0.2) is 0 Å². The van der Waals surface area contributed by atoms with E-state index in [-0.39, 0.29) is 36.7 Å². The van der Waals surface area contributed by atoms with Gasteiger partial charge in [-0.2, -0.15) is 0 Å². The Morgan fingerprint density at radius 1 is 1.17 bits per heavy atom. The zero-order chi connectivity index (χ0) is 21.0. The lowest BCUT2D eigenvalue weighted by Gasteiger charge is -2.37. The van der Waals surface area contributed by atoms with E-state index in [9.17, 15) is 15.0 Å². The highest BCUT2D eigenvalue weighted by Gasteiger charge is 2.36. The topological polar surface area (TPSA) is 110 Å². The van der Waals surface area contributed by atoms with E-state index in [0.29, 0.717) is 12.2 Å². The van der Waals surface area contributed by atoms with E-state index in [1.807, 2.05) is 6.20 Å². The van der Waals surface area contributed by atoms with Crippen molar-refractivity contribution in [2.75, 3.05) is 6.61 Å². The molecule has 30 heavy (non-hydrogen) atoms. The maximum Gasteiger partial charge on any atom is 0.223 e. The van der Waals surface area contributed by atoms with E-state index < -0.39 is 5.60 Å². The zero-order valence-electron chi connectivity index (χ0n) is 17.8. The van der Waals surface area contributed by atoms with Gasteiger partial charge in [0.1, 0.15) is 17.4 Å². The molecule has 3 fully saturated rings. The molecule has 1 aromatic rings. The third-order valence-corrected chi connectivity index (χ3v) is 7.23. The minimum Gasteiger partial charge on any atom is -0.394 e. The van der Waals surface area contributed by atoms with Gasteiger partial charge in [0.05, 0.1) is 24.9 Å². The lowest BCUT2D eigenvalue weighted by atomic mass is 9.88. The van der Waals surface area contributed by atoms with Gasteiger partial charge in [-0.3, -0.25) is 9.48 Å². The van der Waals surface area contributed by atoms with Crippen molar-refractivity contribution in [2.24, 2.45) is 5.92 Å². The standard InChI is InChI=1S/C22H36N4O4/c27-15-19-18(23-21(28)16-6-2-1-3-7-16)9-8-17(30-19)10-13-26-14-20(24-25-26)22(29)11-4-5-12-22/h14,16-19,27,29H,1-13,15H2,(H,23,28)/t17-,18+,19-/m0/s1. The van der Waals surface area contributed by atoms with Crippen LogP contribution in [0, 0.1) is 5.92 Å². The number of carbonyl (C=O) groups is 1. The van der Waals surface area contributed by atoms with E-state index >= 15 is 0 Å². The van der Waals surface area contributed by atoms with Crippen LogP contribution < -0.4 is 5.32 Å². The quantitative estimate of drug-likeness (QED) is 0.623. The molecule has 1 saturated heterocycles.